The lowest BCUT2D eigenvalue weighted by molar-refractivity contribution is 0.0137. The van der Waals surface area contributed by atoms with Crippen LogP contribution in [0.25, 0.3) is 0 Å². The van der Waals surface area contributed by atoms with Crippen LogP contribution in [0.15, 0.2) is 24.3 Å². The van der Waals surface area contributed by atoms with Crippen LogP contribution in [0.2, 0.25) is 5.02 Å². The molecule has 0 aromatic heterocycles. The fraction of sp³-hybridized carbons (Fsp3) is 0.500. The van der Waals surface area contributed by atoms with Crippen LogP contribution in [-0.2, 0) is 15.9 Å². The molecule has 1 N–H and O–H groups in total. The Morgan fingerprint density at radius 1 is 1.38 bits per heavy atom. The summed E-state index contributed by atoms with van der Waals surface area (Å²) in [4.78, 5) is 0. The Labute approximate surface area is 101 Å². The maximum Gasteiger partial charge on any atom is 0.0813 e. The molecular weight excluding hydrogens is 228 g/mol. The van der Waals surface area contributed by atoms with Gasteiger partial charge in [0.25, 0.3) is 0 Å². The van der Waals surface area contributed by atoms with Gasteiger partial charge in [-0.15, -0.1) is 0 Å². The quantitative estimate of drug-likeness (QED) is 0.745. The molecule has 0 aliphatic rings. The van der Waals surface area contributed by atoms with Gasteiger partial charge in [-0.2, -0.15) is 0 Å². The highest BCUT2D eigenvalue weighted by Crippen LogP contribution is 2.12. The molecule has 4 heteroatoms. The van der Waals surface area contributed by atoms with E-state index in [0.717, 1.165) is 5.56 Å². The topological polar surface area (TPSA) is 38.7 Å². The van der Waals surface area contributed by atoms with Crippen molar-refractivity contribution in [3.05, 3.63) is 34.9 Å². The molecule has 1 rings (SSSR count). The van der Waals surface area contributed by atoms with E-state index < -0.39 is 6.10 Å². The second kappa shape index (κ2) is 7.63. The van der Waals surface area contributed by atoms with Crippen molar-refractivity contribution in [1.29, 1.82) is 0 Å². The standard InChI is InChI=1S/C12H17ClO3/c1-15-5-6-16-9-12(14)8-10-3-2-4-11(13)7-10/h2-4,7,12,14H,5-6,8-9H2,1H3. The number of aliphatic hydroxyl groups is 1. The minimum absolute atomic E-state index is 0.315. The summed E-state index contributed by atoms with van der Waals surface area (Å²) in [5, 5.41) is 10.4. The number of hydrogen-bond donors (Lipinski definition) is 1. The minimum atomic E-state index is -0.504. The molecule has 1 unspecified atom stereocenters. The molecule has 0 bridgehead atoms. The van der Waals surface area contributed by atoms with Crippen molar-refractivity contribution >= 4 is 11.6 Å². The zero-order valence-corrected chi connectivity index (χ0v) is 10.1. The molecule has 0 saturated heterocycles. The minimum Gasteiger partial charge on any atom is -0.390 e. The fourth-order valence-electron chi connectivity index (χ4n) is 1.36. The Hall–Kier alpha value is -0.610. The molecule has 0 heterocycles. The van der Waals surface area contributed by atoms with E-state index >= 15 is 0 Å². The Morgan fingerprint density at radius 2 is 2.19 bits per heavy atom. The van der Waals surface area contributed by atoms with Gasteiger partial charge in [-0.1, -0.05) is 23.7 Å². The average molecular weight is 245 g/mol. The Balaban J connectivity index is 2.25. The molecule has 1 aromatic rings. The maximum atomic E-state index is 9.68. The van der Waals surface area contributed by atoms with Crippen LogP contribution in [-0.4, -0.2) is 38.1 Å². The van der Waals surface area contributed by atoms with Crippen molar-refractivity contribution in [3.8, 4) is 0 Å². The van der Waals surface area contributed by atoms with Gasteiger partial charge in [0.05, 0.1) is 25.9 Å². The molecule has 0 radical (unpaired) electrons. The third-order valence-corrected chi connectivity index (χ3v) is 2.34. The van der Waals surface area contributed by atoms with Crippen LogP contribution in [0.3, 0.4) is 0 Å². The van der Waals surface area contributed by atoms with E-state index in [-0.39, 0.29) is 0 Å². The molecule has 1 aromatic carbocycles. The second-order valence-corrected chi connectivity index (χ2v) is 3.99. The van der Waals surface area contributed by atoms with Crippen LogP contribution >= 0.6 is 11.6 Å². The summed E-state index contributed by atoms with van der Waals surface area (Å²) in [6.07, 6.45) is 0.0448. The molecule has 0 aliphatic carbocycles. The molecule has 0 saturated carbocycles. The first-order valence-corrected chi connectivity index (χ1v) is 5.59. The zero-order valence-electron chi connectivity index (χ0n) is 9.36. The summed E-state index contributed by atoms with van der Waals surface area (Å²) < 4.78 is 10.1. The molecule has 0 aliphatic heterocycles. The van der Waals surface area contributed by atoms with E-state index in [0.29, 0.717) is 31.3 Å². The monoisotopic (exact) mass is 244 g/mol. The van der Waals surface area contributed by atoms with E-state index in [1.54, 1.807) is 7.11 Å². The van der Waals surface area contributed by atoms with E-state index in [4.69, 9.17) is 21.1 Å². The van der Waals surface area contributed by atoms with Gasteiger partial charge in [0.2, 0.25) is 0 Å². The maximum absolute atomic E-state index is 9.68. The number of halogens is 1. The van der Waals surface area contributed by atoms with Crippen molar-refractivity contribution in [2.75, 3.05) is 26.9 Å². The lowest BCUT2D eigenvalue weighted by Gasteiger charge is -2.11. The van der Waals surface area contributed by atoms with Crippen molar-refractivity contribution in [1.82, 2.24) is 0 Å². The number of rotatable bonds is 7. The normalized spacial score (nSPS) is 12.7. The van der Waals surface area contributed by atoms with E-state index in [9.17, 15) is 5.11 Å². The van der Waals surface area contributed by atoms with Crippen molar-refractivity contribution in [2.24, 2.45) is 0 Å². The number of methoxy groups -OCH3 is 1. The lowest BCUT2D eigenvalue weighted by Crippen LogP contribution is -2.19. The largest absolute Gasteiger partial charge is 0.390 e. The van der Waals surface area contributed by atoms with E-state index in [1.807, 2.05) is 24.3 Å². The molecule has 90 valence electrons. The van der Waals surface area contributed by atoms with Crippen LogP contribution in [0.1, 0.15) is 5.56 Å². The number of ether oxygens (including phenoxy) is 2. The van der Waals surface area contributed by atoms with Crippen LogP contribution in [0, 0.1) is 0 Å². The molecule has 0 spiro atoms. The Morgan fingerprint density at radius 3 is 2.88 bits per heavy atom. The third kappa shape index (κ3) is 5.47. The third-order valence-electron chi connectivity index (χ3n) is 2.10. The molecule has 0 fully saturated rings. The van der Waals surface area contributed by atoms with Gasteiger partial charge in [-0.25, -0.2) is 0 Å². The molecule has 3 nitrogen and oxygen atoms in total. The predicted octanol–water partition coefficient (Wildman–Crippen LogP) is 1.91. The molecule has 0 amide bonds. The van der Waals surface area contributed by atoms with Crippen LogP contribution in [0.4, 0.5) is 0 Å². The summed E-state index contributed by atoms with van der Waals surface area (Å²) in [6.45, 7) is 1.36. The first-order valence-electron chi connectivity index (χ1n) is 5.21. The summed E-state index contributed by atoms with van der Waals surface area (Å²) in [5.41, 5.74) is 1.01. The highest BCUT2D eigenvalue weighted by Gasteiger charge is 2.05. The van der Waals surface area contributed by atoms with Gasteiger partial charge < -0.3 is 14.6 Å². The SMILES string of the molecule is COCCOCC(O)Cc1cccc(Cl)c1. The Bertz CT molecular complexity index is 304. The average Bonchev–Trinajstić information content (AvgIpc) is 2.24. The summed E-state index contributed by atoms with van der Waals surface area (Å²) in [6, 6.07) is 7.47. The molecule has 1 atom stereocenters. The van der Waals surface area contributed by atoms with Crippen LogP contribution in [0.5, 0.6) is 0 Å². The zero-order chi connectivity index (χ0) is 11.8. The van der Waals surface area contributed by atoms with E-state index in [1.165, 1.54) is 0 Å². The highest BCUT2D eigenvalue weighted by atomic mass is 35.5. The van der Waals surface area contributed by atoms with Gasteiger partial charge in [0, 0.05) is 18.6 Å². The summed E-state index contributed by atoms with van der Waals surface area (Å²) in [7, 11) is 1.62. The second-order valence-electron chi connectivity index (χ2n) is 3.56. The summed E-state index contributed by atoms with van der Waals surface area (Å²) >= 11 is 5.84. The first kappa shape index (κ1) is 13.5. The van der Waals surface area contributed by atoms with Crippen LogP contribution < -0.4 is 0 Å². The van der Waals surface area contributed by atoms with Gasteiger partial charge in [-0.3, -0.25) is 0 Å². The number of hydrogen-bond acceptors (Lipinski definition) is 3. The van der Waals surface area contributed by atoms with Gasteiger partial charge >= 0.3 is 0 Å². The number of aliphatic hydroxyl groups excluding tert-OH is 1. The van der Waals surface area contributed by atoms with Crippen molar-refractivity contribution < 1.29 is 14.6 Å². The molecule has 16 heavy (non-hydrogen) atoms. The van der Waals surface area contributed by atoms with E-state index in [2.05, 4.69) is 0 Å². The fourth-order valence-corrected chi connectivity index (χ4v) is 1.57. The molecular formula is C12H17ClO3. The van der Waals surface area contributed by atoms with Gasteiger partial charge in [0.1, 0.15) is 0 Å². The number of benzene rings is 1. The first-order chi connectivity index (χ1) is 7.72. The van der Waals surface area contributed by atoms with Gasteiger partial charge in [-0.05, 0) is 17.7 Å². The van der Waals surface area contributed by atoms with Gasteiger partial charge in [0.15, 0.2) is 0 Å². The lowest BCUT2D eigenvalue weighted by atomic mass is 10.1. The van der Waals surface area contributed by atoms with Crippen molar-refractivity contribution in [2.45, 2.75) is 12.5 Å². The summed E-state index contributed by atoms with van der Waals surface area (Å²) in [5.74, 6) is 0. The smallest absolute Gasteiger partial charge is 0.0813 e. The van der Waals surface area contributed by atoms with Crippen molar-refractivity contribution in [3.63, 3.8) is 0 Å². The predicted molar refractivity (Wildman–Crippen MR) is 63.9 cm³/mol. The Kier molecular flexibility index (Phi) is 6.42. The highest BCUT2D eigenvalue weighted by molar-refractivity contribution is 6.30.